The molecule has 0 bridgehead atoms. The number of piperidine rings is 1. The van der Waals surface area contributed by atoms with Gasteiger partial charge in [0, 0.05) is 38.1 Å². The highest BCUT2D eigenvalue weighted by molar-refractivity contribution is 5.98. The summed E-state index contributed by atoms with van der Waals surface area (Å²) in [6.45, 7) is 10.6. The van der Waals surface area contributed by atoms with Crippen molar-refractivity contribution in [1.82, 2.24) is 31.7 Å². The number of carbonyl (C=O) groups is 1. The number of nitrogens with zero attached hydrogens (tertiary/aromatic N) is 2. The first kappa shape index (κ1) is 27.6. The Balaban J connectivity index is 1.33. The largest absolute Gasteiger partial charge is 0.391 e. The number of hydrogen-bond donors (Lipinski definition) is 5. The molecule has 0 spiro atoms. The lowest BCUT2D eigenvalue weighted by molar-refractivity contribution is -0.185. The van der Waals surface area contributed by atoms with E-state index in [1.54, 1.807) is 0 Å². The molecular weight excluding hydrogens is 475 g/mol. The summed E-state index contributed by atoms with van der Waals surface area (Å²) < 4.78 is 45.1. The topological polar surface area (TPSA) is 102 Å². The van der Waals surface area contributed by atoms with Crippen molar-refractivity contribution in [3.8, 4) is 0 Å². The van der Waals surface area contributed by atoms with Crippen LogP contribution >= 0.6 is 0 Å². The molecule has 0 aromatic carbocycles. The number of hydrogen-bond acceptors (Lipinski definition) is 7. The number of ether oxygens (including phenoxy) is 1. The van der Waals surface area contributed by atoms with E-state index < -0.39 is 12.1 Å². The molecule has 4 fully saturated rings. The van der Waals surface area contributed by atoms with Gasteiger partial charge in [0.25, 0.3) is 0 Å². The zero-order valence-electron chi connectivity index (χ0n) is 21.6. The average molecular weight is 518 g/mol. The molecule has 3 saturated heterocycles. The third-order valence-electron chi connectivity index (χ3n) is 7.71. The van der Waals surface area contributed by atoms with Gasteiger partial charge < -0.3 is 15.4 Å². The molecule has 1 saturated carbocycles. The van der Waals surface area contributed by atoms with Gasteiger partial charge in [-0.1, -0.05) is 20.8 Å². The lowest BCUT2D eigenvalue weighted by Crippen LogP contribution is -2.57. The molecule has 9 nitrogen and oxygen atoms in total. The van der Waals surface area contributed by atoms with Crippen LogP contribution in [0.15, 0.2) is 4.99 Å². The Morgan fingerprint density at radius 1 is 1.08 bits per heavy atom. The molecule has 6 unspecified atom stereocenters. The van der Waals surface area contributed by atoms with Crippen molar-refractivity contribution < 1.29 is 22.7 Å². The molecular formula is C24H42F3N7O2. The number of morpholine rings is 1. The minimum absolute atomic E-state index is 0.0223. The van der Waals surface area contributed by atoms with E-state index in [1.165, 1.54) is 0 Å². The number of aliphatic imine (C=N–C) groups is 1. The molecule has 3 heterocycles. The lowest BCUT2D eigenvalue weighted by atomic mass is 9.78. The van der Waals surface area contributed by atoms with Gasteiger partial charge in [-0.3, -0.25) is 25.4 Å². The van der Waals surface area contributed by atoms with Crippen molar-refractivity contribution >= 4 is 11.9 Å². The lowest BCUT2D eigenvalue weighted by Gasteiger charge is -2.39. The van der Waals surface area contributed by atoms with Crippen LogP contribution in [-0.4, -0.2) is 80.7 Å². The quantitative estimate of drug-likeness (QED) is 0.285. The number of nitrogens with one attached hydrogen (secondary N) is 5. The van der Waals surface area contributed by atoms with E-state index in [0.29, 0.717) is 25.5 Å². The van der Waals surface area contributed by atoms with Crippen molar-refractivity contribution in [3.05, 3.63) is 0 Å². The van der Waals surface area contributed by atoms with Crippen molar-refractivity contribution in [2.45, 2.75) is 77.4 Å². The van der Waals surface area contributed by atoms with E-state index in [4.69, 9.17) is 4.74 Å². The van der Waals surface area contributed by atoms with E-state index in [2.05, 4.69) is 57.5 Å². The van der Waals surface area contributed by atoms with Crippen LogP contribution in [0.2, 0.25) is 0 Å². The zero-order chi connectivity index (χ0) is 25.9. The van der Waals surface area contributed by atoms with E-state index in [9.17, 15) is 18.0 Å². The Kier molecular flexibility index (Phi) is 8.81. The molecule has 6 atom stereocenters. The van der Waals surface area contributed by atoms with Crippen LogP contribution in [0.25, 0.3) is 0 Å². The maximum Gasteiger partial charge on any atom is 0.391 e. The van der Waals surface area contributed by atoms with E-state index in [0.717, 1.165) is 39.1 Å². The highest BCUT2D eigenvalue weighted by atomic mass is 19.4. The fourth-order valence-corrected chi connectivity index (χ4v) is 5.57. The summed E-state index contributed by atoms with van der Waals surface area (Å²) in [4.78, 5) is 20.2. The van der Waals surface area contributed by atoms with Crippen LogP contribution in [-0.2, 0) is 9.53 Å². The Hall–Kier alpha value is -1.47. The Labute approximate surface area is 211 Å². The monoisotopic (exact) mass is 517 g/mol. The average Bonchev–Trinajstić information content (AvgIpc) is 3.24. The van der Waals surface area contributed by atoms with Crippen LogP contribution < -0.4 is 26.8 Å². The highest BCUT2D eigenvalue weighted by Gasteiger charge is 2.48. The minimum atomic E-state index is -4.17. The number of fused-ring (bicyclic) bond motifs is 1. The van der Waals surface area contributed by atoms with Gasteiger partial charge in [0.05, 0.1) is 37.4 Å². The number of hydrazine groups is 1. The smallest absolute Gasteiger partial charge is 0.379 e. The number of alkyl halides is 3. The predicted octanol–water partition coefficient (Wildman–Crippen LogP) is 1.53. The highest BCUT2D eigenvalue weighted by Crippen LogP contribution is 2.41. The molecule has 1 amide bonds. The molecule has 206 valence electrons. The van der Waals surface area contributed by atoms with Crippen LogP contribution in [0.3, 0.4) is 0 Å². The van der Waals surface area contributed by atoms with Crippen LogP contribution in [0.5, 0.6) is 0 Å². The predicted molar refractivity (Wildman–Crippen MR) is 131 cm³/mol. The SMILES string of the molecule is CC(C)(C)CN=C(NC(=O)C1CCC(N2CCOCC2)NC1)NC1NNC2CC(C(F)(F)F)CCC21. The molecule has 5 N–H and O–H groups in total. The Bertz CT molecular complexity index is 775. The normalized spacial score (nSPS) is 34.8. The first-order valence-corrected chi connectivity index (χ1v) is 13.2. The summed E-state index contributed by atoms with van der Waals surface area (Å²) >= 11 is 0. The molecule has 0 aromatic rings. The van der Waals surface area contributed by atoms with Crippen LogP contribution in [0, 0.1) is 23.2 Å². The van der Waals surface area contributed by atoms with Gasteiger partial charge in [0.1, 0.15) is 0 Å². The molecule has 4 aliphatic rings. The third kappa shape index (κ3) is 7.31. The van der Waals surface area contributed by atoms with Crippen molar-refractivity contribution in [3.63, 3.8) is 0 Å². The van der Waals surface area contributed by atoms with Crippen LogP contribution in [0.4, 0.5) is 13.2 Å². The summed E-state index contributed by atoms with van der Waals surface area (Å²) in [5, 5.41) is 9.79. The van der Waals surface area contributed by atoms with Crippen LogP contribution in [0.1, 0.15) is 52.9 Å². The molecule has 36 heavy (non-hydrogen) atoms. The van der Waals surface area contributed by atoms with E-state index in [1.807, 2.05) is 0 Å². The van der Waals surface area contributed by atoms with Crippen molar-refractivity contribution in [1.29, 1.82) is 0 Å². The molecule has 0 radical (unpaired) electrons. The summed E-state index contributed by atoms with van der Waals surface area (Å²) in [5.74, 6) is -1.19. The van der Waals surface area contributed by atoms with Crippen molar-refractivity contribution in [2.75, 3.05) is 39.4 Å². The number of amides is 1. The zero-order valence-corrected chi connectivity index (χ0v) is 21.6. The van der Waals surface area contributed by atoms with E-state index in [-0.39, 0.29) is 54.4 Å². The summed E-state index contributed by atoms with van der Waals surface area (Å²) in [6, 6.07) is -0.276. The summed E-state index contributed by atoms with van der Waals surface area (Å²) in [5.41, 5.74) is 6.06. The molecule has 4 rings (SSSR count). The molecule has 1 aliphatic carbocycles. The summed E-state index contributed by atoms with van der Waals surface area (Å²) in [6.07, 6.45) is -1.93. The Morgan fingerprint density at radius 2 is 1.83 bits per heavy atom. The maximum absolute atomic E-state index is 13.2. The van der Waals surface area contributed by atoms with Gasteiger partial charge in [0.15, 0.2) is 5.96 Å². The fourth-order valence-electron chi connectivity index (χ4n) is 5.57. The van der Waals surface area contributed by atoms with E-state index >= 15 is 0 Å². The van der Waals surface area contributed by atoms with Gasteiger partial charge in [-0.25, -0.2) is 5.43 Å². The third-order valence-corrected chi connectivity index (χ3v) is 7.71. The molecule has 3 aliphatic heterocycles. The second-order valence-electron chi connectivity index (χ2n) is 11.8. The number of guanidine groups is 1. The second-order valence-corrected chi connectivity index (χ2v) is 11.8. The first-order chi connectivity index (χ1) is 17.0. The minimum Gasteiger partial charge on any atom is -0.379 e. The number of carbonyl (C=O) groups excluding carboxylic acids is 1. The first-order valence-electron chi connectivity index (χ1n) is 13.2. The number of rotatable bonds is 4. The standard InChI is InChI=1S/C24H42F3N7O2/c1-23(2,3)14-29-22(30-20-17-6-5-16(24(25,26)27)12-18(17)32-33-20)31-21(35)15-4-7-19(28-13-15)34-8-10-36-11-9-34/h15-20,28,32-33H,4-14H2,1-3H3,(H2,29,30,31,35). The van der Waals surface area contributed by atoms with Gasteiger partial charge in [-0.2, -0.15) is 13.2 Å². The van der Waals surface area contributed by atoms with Gasteiger partial charge in [-0.15, -0.1) is 0 Å². The second kappa shape index (κ2) is 11.5. The maximum atomic E-state index is 13.2. The van der Waals surface area contributed by atoms with Gasteiger partial charge >= 0.3 is 6.18 Å². The molecule has 0 aromatic heterocycles. The Morgan fingerprint density at radius 3 is 2.47 bits per heavy atom. The number of halogens is 3. The van der Waals surface area contributed by atoms with Crippen molar-refractivity contribution in [2.24, 2.45) is 28.2 Å². The van der Waals surface area contributed by atoms with Gasteiger partial charge in [-0.05, 0) is 37.5 Å². The summed E-state index contributed by atoms with van der Waals surface area (Å²) in [7, 11) is 0. The molecule has 12 heteroatoms. The fraction of sp³-hybridized carbons (Fsp3) is 0.917. The van der Waals surface area contributed by atoms with Gasteiger partial charge in [0.2, 0.25) is 5.91 Å².